The van der Waals surface area contributed by atoms with Crippen LogP contribution in [0, 0.1) is 0 Å². The van der Waals surface area contributed by atoms with Gasteiger partial charge in [-0.2, -0.15) is 0 Å². The summed E-state index contributed by atoms with van der Waals surface area (Å²) >= 11 is 0. The first-order valence-corrected chi connectivity index (χ1v) is 8.76. The van der Waals surface area contributed by atoms with Gasteiger partial charge in [-0.25, -0.2) is 0 Å². The fourth-order valence-corrected chi connectivity index (χ4v) is 3.33. The molecule has 0 bridgehead atoms. The van der Waals surface area contributed by atoms with E-state index in [9.17, 15) is 0 Å². The first-order chi connectivity index (χ1) is 9.84. The van der Waals surface area contributed by atoms with E-state index in [1.807, 2.05) is 0 Å². The highest BCUT2D eigenvalue weighted by Crippen LogP contribution is 2.20. The summed E-state index contributed by atoms with van der Waals surface area (Å²) in [4.78, 5) is 2.34. The molecule has 3 nitrogen and oxygen atoms in total. The van der Waals surface area contributed by atoms with Gasteiger partial charge in [-0.1, -0.05) is 38.5 Å². The predicted octanol–water partition coefficient (Wildman–Crippen LogP) is 3.62. The van der Waals surface area contributed by atoms with Crippen LogP contribution >= 0.6 is 0 Å². The molecule has 118 valence electrons. The van der Waals surface area contributed by atoms with Gasteiger partial charge in [-0.3, -0.25) is 0 Å². The molecule has 2 saturated carbocycles. The lowest BCUT2D eigenvalue weighted by atomic mass is 9.98. The quantitative estimate of drug-likeness (QED) is 0.679. The lowest BCUT2D eigenvalue weighted by Crippen LogP contribution is -2.30. The van der Waals surface area contributed by atoms with Crippen molar-refractivity contribution in [3.8, 4) is 0 Å². The maximum Gasteiger partial charge on any atom is 0.0597 e. The van der Waals surface area contributed by atoms with Crippen molar-refractivity contribution in [2.75, 3.05) is 33.4 Å². The molecule has 0 radical (unpaired) electrons. The van der Waals surface area contributed by atoms with Crippen LogP contribution in [0.5, 0.6) is 0 Å². The van der Waals surface area contributed by atoms with Crippen molar-refractivity contribution >= 4 is 0 Å². The normalized spacial score (nSPS) is 22.5. The van der Waals surface area contributed by atoms with Gasteiger partial charge in [0.1, 0.15) is 0 Å². The second-order valence-electron chi connectivity index (χ2n) is 6.56. The summed E-state index contributed by atoms with van der Waals surface area (Å²) in [6.07, 6.45) is 14.4. The van der Waals surface area contributed by atoms with Crippen molar-refractivity contribution in [1.29, 1.82) is 0 Å². The topological polar surface area (TPSA) is 21.7 Å². The first-order valence-electron chi connectivity index (χ1n) is 8.76. The third-order valence-electron chi connectivity index (χ3n) is 4.76. The summed E-state index contributed by atoms with van der Waals surface area (Å²) in [6, 6.07) is 0. The minimum atomic E-state index is 0.538. The summed E-state index contributed by atoms with van der Waals surface area (Å²) in [5.74, 6) is 0. The van der Waals surface area contributed by atoms with Gasteiger partial charge in [0.05, 0.1) is 25.4 Å². The Morgan fingerprint density at radius 2 is 1.10 bits per heavy atom. The van der Waals surface area contributed by atoms with Crippen molar-refractivity contribution in [2.24, 2.45) is 0 Å². The number of rotatable bonds is 8. The highest BCUT2D eigenvalue weighted by molar-refractivity contribution is 4.66. The molecule has 2 aliphatic carbocycles. The van der Waals surface area contributed by atoms with Gasteiger partial charge < -0.3 is 14.4 Å². The third-order valence-corrected chi connectivity index (χ3v) is 4.76. The Morgan fingerprint density at radius 3 is 1.50 bits per heavy atom. The van der Waals surface area contributed by atoms with Crippen molar-refractivity contribution in [2.45, 2.75) is 76.4 Å². The van der Waals surface area contributed by atoms with Gasteiger partial charge in [0.2, 0.25) is 0 Å². The molecule has 0 spiro atoms. The average molecular weight is 283 g/mol. The predicted molar refractivity (Wildman–Crippen MR) is 83.1 cm³/mol. The first kappa shape index (κ1) is 16.3. The van der Waals surface area contributed by atoms with E-state index >= 15 is 0 Å². The van der Waals surface area contributed by atoms with Crippen LogP contribution in [-0.2, 0) is 9.47 Å². The van der Waals surface area contributed by atoms with E-state index in [4.69, 9.17) is 9.47 Å². The Morgan fingerprint density at radius 1 is 0.700 bits per heavy atom. The SMILES string of the molecule is CN(CCOC1CCCCC1)CCOC1CCCCC1. The van der Waals surface area contributed by atoms with Gasteiger partial charge in [-0.05, 0) is 32.7 Å². The van der Waals surface area contributed by atoms with Gasteiger partial charge in [0, 0.05) is 13.1 Å². The standard InChI is InChI=1S/C17H33NO2/c1-18(12-14-19-16-8-4-2-5-9-16)13-15-20-17-10-6-3-7-11-17/h16-17H,2-15H2,1H3. The number of nitrogens with zero attached hydrogens (tertiary/aromatic N) is 1. The summed E-state index contributed by atoms with van der Waals surface area (Å²) in [5, 5.41) is 0. The molecular weight excluding hydrogens is 250 g/mol. The van der Waals surface area contributed by atoms with Crippen molar-refractivity contribution in [3.05, 3.63) is 0 Å². The number of hydrogen-bond donors (Lipinski definition) is 0. The van der Waals surface area contributed by atoms with E-state index in [0.29, 0.717) is 12.2 Å². The Labute approximate surface area is 125 Å². The zero-order valence-electron chi connectivity index (χ0n) is 13.3. The lowest BCUT2D eigenvalue weighted by molar-refractivity contribution is 0.00185. The van der Waals surface area contributed by atoms with Gasteiger partial charge in [-0.15, -0.1) is 0 Å². The maximum absolute atomic E-state index is 5.97. The van der Waals surface area contributed by atoms with Crippen LogP contribution in [0.1, 0.15) is 64.2 Å². The van der Waals surface area contributed by atoms with E-state index in [1.165, 1.54) is 64.2 Å². The monoisotopic (exact) mass is 283 g/mol. The molecule has 0 N–H and O–H groups in total. The molecule has 0 aromatic heterocycles. The maximum atomic E-state index is 5.97. The Hall–Kier alpha value is -0.120. The molecular formula is C17H33NO2. The molecule has 0 atom stereocenters. The smallest absolute Gasteiger partial charge is 0.0597 e. The lowest BCUT2D eigenvalue weighted by Gasteiger charge is -2.25. The van der Waals surface area contributed by atoms with Crippen LogP contribution in [0.15, 0.2) is 0 Å². The largest absolute Gasteiger partial charge is 0.377 e. The molecule has 2 rings (SSSR count). The second-order valence-corrected chi connectivity index (χ2v) is 6.56. The highest BCUT2D eigenvalue weighted by atomic mass is 16.5. The fourth-order valence-electron chi connectivity index (χ4n) is 3.33. The molecule has 0 aromatic carbocycles. The second kappa shape index (κ2) is 9.75. The van der Waals surface area contributed by atoms with Crippen LogP contribution in [0.4, 0.5) is 0 Å². The van der Waals surface area contributed by atoms with Crippen molar-refractivity contribution in [3.63, 3.8) is 0 Å². The molecule has 3 heteroatoms. The fraction of sp³-hybridized carbons (Fsp3) is 1.00. The van der Waals surface area contributed by atoms with Crippen LogP contribution in [0.2, 0.25) is 0 Å². The Balaban J connectivity index is 1.44. The number of ether oxygens (including phenoxy) is 2. The van der Waals surface area contributed by atoms with E-state index in [2.05, 4.69) is 11.9 Å². The summed E-state index contributed by atoms with van der Waals surface area (Å²) in [7, 11) is 2.18. The van der Waals surface area contributed by atoms with E-state index in [-0.39, 0.29) is 0 Å². The molecule has 0 saturated heterocycles. The Kier molecular flexibility index (Phi) is 7.92. The summed E-state index contributed by atoms with van der Waals surface area (Å²) < 4.78 is 11.9. The molecule has 0 aromatic rings. The van der Waals surface area contributed by atoms with Crippen molar-refractivity contribution in [1.82, 2.24) is 4.90 Å². The van der Waals surface area contributed by atoms with Crippen LogP contribution in [0.3, 0.4) is 0 Å². The molecule has 0 aliphatic heterocycles. The van der Waals surface area contributed by atoms with Crippen LogP contribution in [0.25, 0.3) is 0 Å². The Bertz CT molecular complexity index is 211. The third kappa shape index (κ3) is 6.55. The molecule has 2 aliphatic rings. The number of likely N-dealkylation sites (N-methyl/N-ethyl adjacent to an activating group) is 1. The zero-order valence-corrected chi connectivity index (χ0v) is 13.3. The van der Waals surface area contributed by atoms with Crippen molar-refractivity contribution < 1.29 is 9.47 Å². The summed E-state index contributed by atoms with van der Waals surface area (Å²) in [6.45, 7) is 3.82. The highest BCUT2D eigenvalue weighted by Gasteiger charge is 2.15. The van der Waals surface area contributed by atoms with Crippen LogP contribution < -0.4 is 0 Å². The van der Waals surface area contributed by atoms with Crippen LogP contribution in [-0.4, -0.2) is 50.5 Å². The average Bonchev–Trinajstić information content (AvgIpc) is 2.49. The molecule has 0 heterocycles. The minimum absolute atomic E-state index is 0.538. The van der Waals surface area contributed by atoms with E-state index in [1.54, 1.807) is 0 Å². The molecule has 20 heavy (non-hydrogen) atoms. The molecule has 0 amide bonds. The molecule has 2 fully saturated rings. The molecule has 0 unspecified atom stereocenters. The van der Waals surface area contributed by atoms with Gasteiger partial charge >= 0.3 is 0 Å². The number of hydrogen-bond acceptors (Lipinski definition) is 3. The summed E-state index contributed by atoms with van der Waals surface area (Å²) in [5.41, 5.74) is 0. The van der Waals surface area contributed by atoms with E-state index in [0.717, 1.165) is 26.3 Å². The minimum Gasteiger partial charge on any atom is -0.377 e. The van der Waals surface area contributed by atoms with Gasteiger partial charge in [0.25, 0.3) is 0 Å². The zero-order chi connectivity index (χ0) is 14.0. The van der Waals surface area contributed by atoms with Gasteiger partial charge in [0.15, 0.2) is 0 Å². The van der Waals surface area contributed by atoms with E-state index < -0.39 is 0 Å².